The van der Waals surface area contributed by atoms with Crippen molar-refractivity contribution in [3.05, 3.63) is 12.2 Å². The van der Waals surface area contributed by atoms with Crippen LogP contribution in [0.25, 0.3) is 0 Å². The van der Waals surface area contributed by atoms with E-state index < -0.39 is 6.10 Å². The Hall–Kier alpha value is -0.420. The molecule has 0 aromatic carbocycles. The lowest BCUT2D eigenvalue weighted by Gasteiger charge is -2.34. The zero-order valence-corrected chi connectivity index (χ0v) is 8.14. The Bertz CT molecular complexity index is 180. The van der Waals surface area contributed by atoms with E-state index in [4.69, 9.17) is 14.2 Å². The van der Waals surface area contributed by atoms with Crippen LogP contribution in [0.2, 0.25) is 0 Å². The van der Waals surface area contributed by atoms with Crippen LogP contribution in [-0.2, 0) is 14.2 Å². The van der Waals surface area contributed by atoms with Gasteiger partial charge in [0.05, 0.1) is 0 Å². The van der Waals surface area contributed by atoms with Crippen LogP contribution in [0.15, 0.2) is 12.2 Å². The molecule has 4 heteroatoms. The first-order chi connectivity index (χ1) is 6.24. The van der Waals surface area contributed by atoms with Gasteiger partial charge in [-0.05, 0) is 0 Å². The Morgan fingerprint density at radius 1 is 0.923 bits per heavy atom. The fraction of sp³-hybridized carbons (Fsp3) is 0.778. The lowest BCUT2D eigenvalue weighted by Crippen LogP contribution is -2.49. The van der Waals surface area contributed by atoms with Crippen LogP contribution in [-0.4, -0.2) is 50.9 Å². The van der Waals surface area contributed by atoms with Gasteiger partial charge in [0.15, 0.2) is 0 Å². The molecule has 1 aliphatic carbocycles. The minimum Gasteiger partial charge on any atom is -0.386 e. The maximum Gasteiger partial charge on any atom is 0.116 e. The van der Waals surface area contributed by atoms with Gasteiger partial charge in [-0.3, -0.25) is 0 Å². The van der Waals surface area contributed by atoms with Crippen molar-refractivity contribution in [2.45, 2.75) is 24.4 Å². The van der Waals surface area contributed by atoms with Crippen molar-refractivity contribution >= 4 is 0 Å². The molecule has 0 fully saturated rings. The summed E-state index contributed by atoms with van der Waals surface area (Å²) in [7, 11) is 4.73. The lowest BCUT2D eigenvalue weighted by molar-refractivity contribution is -0.128. The molecule has 4 nitrogen and oxygen atoms in total. The maximum absolute atomic E-state index is 9.54. The van der Waals surface area contributed by atoms with Gasteiger partial charge in [0.25, 0.3) is 0 Å². The van der Waals surface area contributed by atoms with Gasteiger partial charge in [0.1, 0.15) is 24.4 Å². The molecule has 76 valence electrons. The third-order valence-corrected chi connectivity index (χ3v) is 2.30. The molecule has 0 amide bonds. The number of hydrogen-bond acceptors (Lipinski definition) is 4. The van der Waals surface area contributed by atoms with Crippen LogP contribution in [0, 0.1) is 0 Å². The largest absolute Gasteiger partial charge is 0.386 e. The fourth-order valence-corrected chi connectivity index (χ4v) is 1.58. The van der Waals surface area contributed by atoms with Crippen LogP contribution in [0.3, 0.4) is 0 Å². The van der Waals surface area contributed by atoms with Crippen molar-refractivity contribution in [3.63, 3.8) is 0 Å². The fourth-order valence-electron chi connectivity index (χ4n) is 1.58. The van der Waals surface area contributed by atoms with Crippen molar-refractivity contribution in [1.29, 1.82) is 0 Å². The number of methoxy groups -OCH3 is 3. The second-order valence-electron chi connectivity index (χ2n) is 2.98. The van der Waals surface area contributed by atoms with Crippen LogP contribution >= 0.6 is 0 Å². The number of hydrogen-bond donors (Lipinski definition) is 1. The standard InChI is InChI=1S/C9H16O4/c1-11-7-5-4-6(10)8(12-2)9(7)13-3/h4-10H,1-3H3. The van der Waals surface area contributed by atoms with Crippen LogP contribution in [0.4, 0.5) is 0 Å². The average molecular weight is 188 g/mol. The minimum absolute atomic E-state index is 0.154. The molecule has 0 heterocycles. The Morgan fingerprint density at radius 2 is 1.54 bits per heavy atom. The average Bonchev–Trinajstić information content (AvgIpc) is 2.17. The molecule has 0 bridgehead atoms. The second-order valence-corrected chi connectivity index (χ2v) is 2.98. The van der Waals surface area contributed by atoms with Gasteiger partial charge >= 0.3 is 0 Å². The van der Waals surface area contributed by atoms with E-state index >= 15 is 0 Å². The quantitative estimate of drug-likeness (QED) is 0.631. The monoisotopic (exact) mass is 188 g/mol. The van der Waals surface area contributed by atoms with Gasteiger partial charge in [-0.15, -0.1) is 0 Å². The molecule has 0 saturated heterocycles. The summed E-state index contributed by atoms with van der Waals surface area (Å²) < 4.78 is 15.5. The zero-order chi connectivity index (χ0) is 9.84. The Labute approximate surface area is 78.1 Å². The summed E-state index contributed by atoms with van der Waals surface area (Å²) in [6.45, 7) is 0. The molecule has 1 rings (SSSR count). The SMILES string of the molecule is COC1C=CC(O)C(OC)C1OC. The molecular formula is C9H16O4. The van der Waals surface area contributed by atoms with Crippen molar-refractivity contribution in [2.75, 3.05) is 21.3 Å². The van der Waals surface area contributed by atoms with E-state index in [0.717, 1.165) is 0 Å². The molecule has 0 aliphatic heterocycles. The van der Waals surface area contributed by atoms with E-state index in [2.05, 4.69) is 0 Å². The molecule has 13 heavy (non-hydrogen) atoms. The molecule has 0 radical (unpaired) electrons. The molecule has 0 saturated carbocycles. The highest BCUT2D eigenvalue weighted by atomic mass is 16.6. The molecule has 0 aromatic rings. The van der Waals surface area contributed by atoms with Gasteiger partial charge in [-0.2, -0.15) is 0 Å². The minimum atomic E-state index is -0.624. The van der Waals surface area contributed by atoms with Gasteiger partial charge in [0, 0.05) is 21.3 Å². The number of aliphatic hydroxyl groups excluding tert-OH is 1. The molecule has 0 spiro atoms. The van der Waals surface area contributed by atoms with Crippen LogP contribution < -0.4 is 0 Å². The van der Waals surface area contributed by atoms with E-state index in [9.17, 15) is 5.11 Å². The van der Waals surface area contributed by atoms with Crippen LogP contribution in [0.1, 0.15) is 0 Å². The van der Waals surface area contributed by atoms with Crippen molar-refractivity contribution < 1.29 is 19.3 Å². The highest BCUT2D eigenvalue weighted by Crippen LogP contribution is 2.20. The summed E-state index contributed by atoms with van der Waals surface area (Å²) in [4.78, 5) is 0. The molecule has 0 aromatic heterocycles. The third-order valence-electron chi connectivity index (χ3n) is 2.30. The van der Waals surface area contributed by atoms with E-state index in [-0.39, 0.29) is 18.3 Å². The summed E-state index contributed by atoms with van der Waals surface area (Å²) in [5, 5.41) is 9.54. The third kappa shape index (κ3) is 2.08. The highest BCUT2D eigenvalue weighted by Gasteiger charge is 2.36. The lowest BCUT2D eigenvalue weighted by atomic mass is 9.96. The predicted molar refractivity (Wildman–Crippen MR) is 47.5 cm³/mol. The number of ether oxygens (including phenoxy) is 3. The van der Waals surface area contributed by atoms with Gasteiger partial charge < -0.3 is 19.3 Å². The molecule has 1 aliphatic rings. The van der Waals surface area contributed by atoms with E-state index in [0.29, 0.717) is 0 Å². The second kappa shape index (κ2) is 4.72. The summed E-state index contributed by atoms with van der Waals surface area (Å²) in [6.07, 6.45) is 2.06. The summed E-state index contributed by atoms with van der Waals surface area (Å²) in [6, 6.07) is 0. The predicted octanol–water partition coefficient (Wildman–Crippen LogP) is -0.0379. The van der Waals surface area contributed by atoms with Crippen molar-refractivity contribution in [1.82, 2.24) is 0 Å². The van der Waals surface area contributed by atoms with Gasteiger partial charge in [-0.1, -0.05) is 12.2 Å². The molecule has 1 N–H and O–H groups in total. The smallest absolute Gasteiger partial charge is 0.116 e. The molecular weight excluding hydrogens is 172 g/mol. The summed E-state index contributed by atoms with van der Waals surface area (Å²) in [5.74, 6) is 0. The van der Waals surface area contributed by atoms with Crippen LogP contribution in [0.5, 0.6) is 0 Å². The zero-order valence-electron chi connectivity index (χ0n) is 8.14. The van der Waals surface area contributed by atoms with E-state index in [1.165, 1.54) is 0 Å². The highest BCUT2D eigenvalue weighted by molar-refractivity contribution is 5.09. The topological polar surface area (TPSA) is 47.9 Å². The normalized spacial score (nSPS) is 39.4. The first kappa shape index (κ1) is 10.7. The van der Waals surface area contributed by atoms with Crippen molar-refractivity contribution in [2.24, 2.45) is 0 Å². The first-order valence-electron chi connectivity index (χ1n) is 4.19. The Kier molecular flexibility index (Phi) is 3.87. The molecule has 4 unspecified atom stereocenters. The van der Waals surface area contributed by atoms with Gasteiger partial charge in [-0.25, -0.2) is 0 Å². The Morgan fingerprint density at radius 3 is 2.00 bits per heavy atom. The van der Waals surface area contributed by atoms with E-state index in [1.54, 1.807) is 33.5 Å². The van der Waals surface area contributed by atoms with Gasteiger partial charge in [0.2, 0.25) is 0 Å². The summed E-state index contributed by atoms with van der Waals surface area (Å²) >= 11 is 0. The maximum atomic E-state index is 9.54. The first-order valence-corrected chi connectivity index (χ1v) is 4.19. The molecule has 4 atom stereocenters. The summed E-state index contributed by atoms with van der Waals surface area (Å²) in [5.41, 5.74) is 0. The van der Waals surface area contributed by atoms with E-state index in [1.807, 2.05) is 0 Å². The number of aliphatic hydroxyl groups is 1. The van der Waals surface area contributed by atoms with Crippen molar-refractivity contribution in [3.8, 4) is 0 Å². The Balaban J connectivity index is 2.76. The number of rotatable bonds is 3.